The fourth-order valence-electron chi connectivity index (χ4n) is 5.07. The first-order chi connectivity index (χ1) is 12.0. The summed E-state index contributed by atoms with van der Waals surface area (Å²) in [5.41, 5.74) is 1.46. The van der Waals surface area contributed by atoms with Crippen LogP contribution in [-0.2, 0) is 14.8 Å². The maximum Gasteiger partial charge on any atom is 0.276 e. The van der Waals surface area contributed by atoms with E-state index in [4.69, 9.17) is 0 Å². The van der Waals surface area contributed by atoms with E-state index in [1.165, 1.54) is 12.8 Å². The van der Waals surface area contributed by atoms with Gasteiger partial charge in [-0.1, -0.05) is 43.4 Å². The number of nitrogens with one attached hydrogen (secondary N) is 1. The third-order valence-corrected chi connectivity index (χ3v) is 7.44. The molecule has 0 amide bonds. The molecule has 3 aliphatic carbocycles. The fourth-order valence-corrected chi connectivity index (χ4v) is 5.88. The molecule has 4 atom stereocenters. The second-order valence-corrected chi connectivity index (χ2v) is 9.34. The van der Waals surface area contributed by atoms with Crippen molar-refractivity contribution < 1.29 is 13.2 Å². The minimum absolute atomic E-state index is 0.0617. The summed E-state index contributed by atoms with van der Waals surface area (Å²) in [6, 6.07) is 6.63. The second kappa shape index (κ2) is 6.24. The van der Waals surface area contributed by atoms with Crippen molar-refractivity contribution in [3.8, 4) is 0 Å². The van der Waals surface area contributed by atoms with Crippen LogP contribution in [0.4, 0.5) is 0 Å². The second-order valence-electron chi connectivity index (χ2n) is 7.68. The van der Waals surface area contributed by atoms with E-state index in [9.17, 15) is 13.2 Å². The Hall–Kier alpha value is -1.69. The molecule has 1 aromatic rings. The molecule has 134 valence electrons. The molecule has 4 rings (SSSR count). The molecule has 0 spiro atoms. The van der Waals surface area contributed by atoms with E-state index in [0.717, 1.165) is 31.2 Å². The Morgan fingerprint density at radius 1 is 1.00 bits per heavy atom. The zero-order valence-electron chi connectivity index (χ0n) is 14.4. The van der Waals surface area contributed by atoms with E-state index >= 15 is 0 Å². The molecule has 0 aliphatic heterocycles. The van der Waals surface area contributed by atoms with Crippen LogP contribution in [0, 0.1) is 30.6 Å². The zero-order valence-corrected chi connectivity index (χ0v) is 15.3. The predicted octanol–water partition coefficient (Wildman–Crippen LogP) is 3.04. The van der Waals surface area contributed by atoms with Crippen molar-refractivity contribution in [2.24, 2.45) is 28.8 Å². The lowest BCUT2D eigenvalue weighted by atomic mass is 9.65. The summed E-state index contributed by atoms with van der Waals surface area (Å²) in [5.74, 6) is 1.28. The van der Waals surface area contributed by atoms with Crippen LogP contribution in [0.3, 0.4) is 0 Å². The van der Waals surface area contributed by atoms with Crippen LogP contribution in [0.5, 0.6) is 0 Å². The van der Waals surface area contributed by atoms with E-state index in [2.05, 4.69) is 9.93 Å². The minimum Gasteiger partial charge on any atom is -0.292 e. The summed E-state index contributed by atoms with van der Waals surface area (Å²) in [7, 11) is -3.74. The maximum absolute atomic E-state index is 12.8. The number of aryl methyl sites for hydroxylation is 1. The topological polar surface area (TPSA) is 75.6 Å². The number of Topliss-reactive ketones (excluding diaryl/α,β-unsaturated/α-hetero) is 1. The van der Waals surface area contributed by atoms with Gasteiger partial charge in [-0.2, -0.15) is 18.4 Å². The van der Waals surface area contributed by atoms with Gasteiger partial charge in [-0.3, -0.25) is 4.79 Å². The predicted molar refractivity (Wildman–Crippen MR) is 95.6 cm³/mol. The largest absolute Gasteiger partial charge is 0.292 e. The Morgan fingerprint density at radius 3 is 2.32 bits per heavy atom. The molecule has 0 radical (unpaired) electrons. The van der Waals surface area contributed by atoms with Gasteiger partial charge in [-0.15, -0.1) is 0 Å². The smallest absolute Gasteiger partial charge is 0.276 e. The van der Waals surface area contributed by atoms with Gasteiger partial charge in [0, 0.05) is 11.8 Å². The first-order valence-corrected chi connectivity index (χ1v) is 10.7. The normalized spacial score (nSPS) is 33.3. The summed E-state index contributed by atoms with van der Waals surface area (Å²) in [4.78, 5) is 15.3. The summed E-state index contributed by atoms with van der Waals surface area (Å²) in [6.45, 7) is 1.91. The number of carbonyl (C=O) groups is 1. The molecule has 0 heterocycles. The van der Waals surface area contributed by atoms with Gasteiger partial charge >= 0.3 is 0 Å². The van der Waals surface area contributed by atoms with Gasteiger partial charge in [0.1, 0.15) is 5.71 Å². The number of benzene rings is 1. The zero-order chi connectivity index (χ0) is 17.6. The SMILES string of the molecule is Cc1ccc(S(=O)(=O)N/N=C2\C(=O)C3CCCC4CCCC2C43)cc1. The molecule has 25 heavy (non-hydrogen) atoms. The average molecular weight is 360 g/mol. The summed E-state index contributed by atoms with van der Waals surface area (Å²) < 4.78 is 24.9. The van der Waals surface area contributed by atoms with Crippen LogP contribution < -0.4 is 4.83 Å². The van der Waals surface area contributed by atoms with Gasteiger partial charge in [0.15, 0.2) is 5.78 Å². The van der Waals surface area contributed by atoms with Gasteiger partial charge in [-0.25, -0.2) is 0 Å². The molecular weight excluding hydrogens is 336 g/mol. The molecule has 0 bridgehead atoms. The molecule has 3 saturated carbocycles. The van der Waals surface area contributed by atoms with Crippen LogP contribution in [-0.4, -0.2) is 19.9 Å². The van der Waals surface area contributed by atoms with Crippen molar-refractivity contribution >= 4 is 21.5 Å². The van der Waals surface area contributed by atoms with Gasteiger partial charge < -0.3 is 0 Å². The molecule has 1 N–H and O–H groups in total. The summed E-state index contributed by atoms with van der Waals surface area (Å²) >= 11 is 0. The van der Waals surface area contributed by atoms with Gasteiger partial charge in [0.25, 0.3) is 10.0 Å². The van der Waals surface area contributed by atoms with Crippen molar-refractivity contribution in [1.29, 1.82) is 0 Å². The van der Waals surface area contributed by atoms with Crippen LogP contribution in [0.1, 0.15) is 44.1 Å². The lowest BCUT2D eigenvalue weighted by Crippen LogP contribution is -2.33. The van der Waals surface area contributed by atoms with E-state index in [1.54, 1.807) is 24.3 Å². The Kier molecular flexibility index (Phi) is 4.18. The number of sulfonamides is 1. The third-order valence-electron chi connectivity index (χ3n) is 6.21. The van der Waals surface area contributed by atoms with Crippen LogP contribution >= 0.6 is 0 Å². The molecule has 3 fully saturated rings. The minimum atomic E-state index is -3.74. The summed E-state index contributed by atoms with van der Waals surface area (Å²) in [5, 5.41) is 4.15. The monoisotopic (exact) mass is 360 g/mol. The first-order valence-electron chi connectivity index (χ1n) is 9.17. The molecule has 6 heteroatoms. The van der Waals surface area contributed by atoms with Gasteiger partial charge in [-0.05, 0) is 43.7 Å². The number of hydrazone groups is 1. The van der Waals surface area contributed by atoms with Crippen LogP contribution in [0.2, 0.25) is 0 Å². The Balaban J connectivity index is 1.60. The molecule has 0 aromatic heterocycles. The van der Waals surface area contributed by atoms with E-state index in [-0.39, 0.29) is 22.5 Å². The van der Waals surface area contributed by atoms with Gasteiger partial charge in [0.05, 0.1) is 4.90 Å². The molecule has 1 aromatic carbocycles. The Morgan fingerprint density at radius 2 is 1.64 bits per heavy atom. The Bertz CT molecular complexity index is 812. The highest BCUT2D eigenvalue weighted by atomic mass is 32.2. The number of rotatable bonds is 3. The lowest BCUT2D eigenvalue weighted by Gasteiger charge is -2.39. The molecule has 5 nitrogen and oxygen atoms in total. The number of nitrogens with zero attached hydrogens (tertiary/aromatic N) is 1. The van der Waals surface area contributed by atoms with E-state index < -0.39 is 10.0 Å². The molecule has 4 unspecified atom stereocenters. The van der Waals surface area contributed by atoms with E-state index in [1.807, 2.05) is 6.92 Å². The van der Waals surface area contributed by atoms with Crippen LogP contribution in [0.25, 0.3) is 0 Å². The van der Waals surface area contributed by atoms with Crippen LogP contribution in [0.15, 0.2) is 34.3 Å². The summed E-state index contributed by atoms with van der Waals surface area (Å²) in [6.07, 6.45) is 6.50. The highest BCUT2D eigenvalue weighted by Gasteiger charge is 2.53. The average Bonchev–Trinajstić information content (AvgIpc) is 2.88. The van der Waals surface area contributed by atoms with Crippen molar-refractivity contribution in [2.75, 3.05) is 0 Å². The van der Waals surface area contributed by atoms with Crippen molar-refractivity contribution in [2.45, 2.75) is 50.3 Å². The molecule has 3 aliphatic rings. The van der Waals surface area contributed by atoms with Crippen molar-refractivity contribution in [3.05, 3.63) is 29.8 Å². The van der Waals surface area contributed by atoms with E-state index in [0.29, 0.717) is 17.5 Å². The number of ketones is 1. The fraction of sp³-hybridized carbons (Fsp3) is 0.579. The highest BCUT2D eigenvalue weighted by Crippen LogP contribution is 2.51. The Labute approximate surface area is 148 Å². The molecular formula is C19H24N2O3S. The number of hydrogen-bond acceptors (Lipinski definition) is 4. The standard InChI is InChI=1S/C19H24N2O3S/c1-12-8-10-14(11-9-12)25(23,24)21-20-18-15-6-2-4-13-5-3-7-16(17(13)15)19(18)22/h8-11,13,15-17,21H,2-7H2,1H3/b20-18-. The first kappa shape index (κ1) is 16.8. The maximum atomic E-state index is 12.8. The van der Waals surface area contributed by atoms with Gasteiger partial charge in [0.2, 0.25) is 0 Å². The number of hydrogen-bond donors (Lipinski definition) is 1. The van der Waals surface area contributed by atoms with Crippen molar-refractivity contribution in [3.63, 3.8) is 0 Å². The molecule has 0 saturated heterocycles. The highest BCUT2D eigenvalue weighted by molar-refractivity contribution is 7.89. The third kappa shape index (κ3) is 2.90. The number of carbonyl (C=O) groups excluding carboxylic acids is 1. The lowest BCUT2D eigenvalue weighted by molar-refractivity contribution is -0.118. The van der Waals surface area contributed by atoms with Crippen molar-refractivity contribution in [1.82, 2.24) is 4.83 Å². The quantitative estimate of drug-likeness (QED) is 0.842.